The Balaban J connectivity index is 1.34. The Morgan fingerprint density at radius 3 is 1.85 bits per heavy atom. The maximum atomic E-state index is 13.4. The number of fused-ring (bicyclic) bond motifs is 2. The van der Waals surface area contributed by atoms with Crippen LogP contribution in [0.15, 0.2) is 127 Å². The molecule has 0 atom stereocenters. The van der Waals surface area contributed by atoms with Crippen LogP contribution < -0.4 is 0 Å². The summed E-state index contributed by atoms with van der Waals surface area (Å²) in [6.07, 6.45) is 3.82. The number of imide groups is 1. The van der Waals surface area contributed by atoms with Crippen molar-refractivity contribution in [3.63, 3.8) is 0 Å². The van der Waals surface area contributed by atoms with Crippen LogP contribution in [-0.2, 0) is 19.3 Å². The predicted octanol–water partition coefficient (Wildman–Crippen LogP) is 8.76. The van der Waals surface area contributed by atoms with Crippen LogP contribution in [0.4, 0.5) is 0 Å². The lowest BCUT2D eigenvalue weighted by Gasteiger charge is -2.25. The summed E-state index contributed by atoms with van der Waals surface area (Å²) in [4.78, 5) is 39.4. The van der Waals surface area contributed by atoms with Gasteiger partial charge in [0.05, 0.1) is 17.2 Å². The highest BCUT2D eigenvalue weighted by Crippen LogP contribution is 2.38. The van der Waals surface area contributed by atoms with Gasteiger partial charge in [-0.15, -0.1) is 0 Å². The Morgan fingerprint density at radius 1 is 0.660 bits per heavy atom. The lowest BCUT2D eigenvalue weighted by molar-refractivity contribution is 0.0655. The fourth-order valence-electron chi connectivity index (χ4n) is 6.90. The van der Waals surface area contributed by atoms with E-state index in [0.717, 1.165) is 58.8 Å². The summed E-state index contributed by atoms with van der Waals surface area (Å²) in [7, 11) is 0. The number of carbonyl (C=O) groups is 3. The molecule has 1 aromatic heterocycles. The predicted molar refractivity (Wildman–Crippen MR) is 186 cm³/mol. The molecule has 0 saturated heterocycles. The lowest BCUT2D eigenvalue weighted by Crippen LogP contribution is -2.32. The fraction of sp³-hybridized carbons (Fsp3) is 0.146. The van der Waals surface area contributed by atoms with Crippen LogP contribution in [-0.4, -0.2) is 34.1 Å². The molecule has 7 rings (SSSR count). The van der Waals surface area contributed by atoms with E-state index in [1.807, 2.05) is 48.5 Å². The molecule has 0 saturated carbocycles. The molecule has 6 heteroatoms. The molecule has 1 aliphatic rings. The summed E-state index contributed by atoms with van der Waals surface area (Å²) in [6.45, 7) is 0.257. The summed E-state index contributed by atoms with van der Waals surface area (Å²) >= 11 is 6.66. The zero-order valence-corrected chi connectivity index (χ0v) is 26.6. The number of aryl methyl sites for hydroxylation is 2. The third kappa shape index (κ3) is 5.91. The topological polar surface area (TPSA) is 59.4 Å². The van der Waals surface area contributed by atoms with Gasteiger partial charge >= 0.3 is 0 Å². The van der Waals surface area contributed by atoms with Crippen molar-refractivity contribution in [1.82, 2.24) is 9.47 Å². The van der Waals surface area contributed by atoms with E-state index < -0.39 is 0 Å². The van der Waals surface area contributed by atoms with Crippen molar-refractivity contribution >= 4 is 40.6 Å². The number of aldehydes is 1. The smallest absolute Gasteiger partial charge is 0.261 e. The Bertz CT molecular complexity index is 2010. The van der Waals surface area contributed by atoms with Crippen molar-refractivity contribution in [3.05, 3.63) is 177 Å². The fourth-order valence-corrected chi connectivity index (χ4v) is 7.08. The van der Waals surface area contributed by atoms with E-state index in [-0.39, 0.29) is 24.4 Å². The molecule has 0 fully saturated rings. The van der Waals surface area contributed by atoms with Crippen LogP contribution in [0.2, 0.25) is 5.02 Å². The van der Waals surface area contributed by atoms with E-state index in [2.05, 4.69) is 59.2 Å². The van der Waals surface area contributed by atoms with Gasteiger partial charge in [0, 0.05) is 40.1 Å². The van der Waals surface area contributed by atoms with Crippen molar-refractivity contribution in [2.45, 2.75) is 31.7 Å². The van der Waals surface area contributed by atoms with Crippen LogP contribution in [0.25, 0.3) is 10.9 Å². The second-order valence-corrected chi connectivity index (χ2v) is 12.4. The van der Waals surface area contributed by atoms with Gasteiger partial charge in [0.15, 0.2) is 0 Å². The van der Waals surface area contributed by atoms with Gasteiger partial charge in [0.2, 0.25) is 0 Å². The Morgan fingerprint density at radius 2 is 1.26 bits per heavy atom. The van der Waals surface area contributed by atoms with E-state index in [9.17, 15) is 14.4 Å². The molecule has 232 valence electrons. The van der Waals surface area contributed by atoms with Crippen LogP contribution in [0.1, 0.15) is 71.5 Å². The third-order valence-electron chi connectivity index (χ3n) is 9.13. The van der Waals surface area contributed by atoms with E-state index in [4.69, 9.17) is 11.6 Å². The molecule has 6 aromatic rings. The van der Waals surface area contributed by atoms with Crippen molar-refractivity contribution in [2.75, 3.05) is 6.54 Å². The monoisotopic (exact) mass is 636 g/mol. The van der Waals surface area contributed by atoms with Gasteiger partial charge in [-0.25, -0.2) is 0 Å². The van der Waals surface area contributed by atoms with Gasteiger partial charge in [-0.2, -0.15) is 0 Å². The van der Waals surface area contributed by atoms with Crippen LogP contribution >= 0.6 is 11.6 Å². The van der Waals surface area contributed by atoms with Crippen molar-refractivity contribution in [3.8, 4) is 0 Å². The van der Waals surface area contributed by atoms with Gasteiger partial charge < -0.3 is 4.57 Å². The zero-order valence-electron chi connectivity index (χ0n) is 25.8. The molecule has 5 aromatic carbocycles. The maximum absolute atomic E-state index is 13.4. The first kappa shape index (κ1) is 30.4. The third-order valence-corrected chi connectivity index (χ3v) is 9.36. The highest BCUT2D eigenvalue weighted by molar-refractivity contribution is 6.31. The van der Waals surface area contributed by atoms with E-state index in [1.54, 1.807) is 24.3 Å². The zero-order chi connectivity index (χ0) is 32.3. The van der Waals surface area contributed by atoms with Crippen LogP contribution in [0, 0.1) is 0 Å². The molecule has 2 amide bonds. The molecule has 47 heavy (non-hydrogen) atoms. The molecule has 0 bridgehead atoms. The van der Waals surface area contributed by atoms with E-state index >= 15 is 0 Å². The van der Waals surface area contributed by atoms with Gasteiger partial charge in [0.25, 0.3) is 11.8 Å². The molecule has 0 N–H and O–H groups in total. The number of carbonyl (C=O) groups excluding carboxylic acids is 3. The minimum Gasteiger partial charge on any atom is -0.333 e. The molecular weight excluding hydrogens is 604 g/mol. The molecule has 1 aliphatic heterocycles. The van der Waals surface area contributed by atoms with Gasteiger partial charge in [-0.1, -0.05) is 109 Å². The standard InChI is InChI=1S/C41H33ClN2O3/c42-32-22-23-37-36(26-32)33(17-9-10-28-18-20-29(27-45)21-19-28)38(24-25-43-40(46)34-15-7-8-16-35(34)41(43)47)44(37)39(30-11-3-1-4-12-30)31-13-5-2-6-14-31/h1-8,11-16,18-23,26-27,39H,9-10,17,24-25H2. The quantitative estimate of drug-likeness (QED) is 0.106. The first-order valence-electron chi connectivity index (χ1n) is 15.9. The number of rotatable bonds is 11. The number of hydrogen-bond acceptors (Lipinski definition) is 3. The Hall–Kier alpha value is -5.26. The number of hydrogen-bond donors (Lipinski definition) is 0. The normalized spacial score (nSPS) is 12.7. The second kappa shape index (κ2) is 13.2. The molecule has 5 nitrogen and oxygen atoms in total. The average molecular weight is 637 g/mol. The molecule has 2 heterocycles. The molecule has 0 radical (unpaired) electrons. The van der Waals surface area contributed by atoms with Gasteiger partial charge in [0.1, 0.15) is 6.29 Å². The minimum atomic E-state index is -0.251. The first-order valence-corrected chi connectivity index (χ1v) is 16.3. The summed E-state index contributed by atoms with van der Waals surface area (Å²) in [6, 6.07) is 41.5. The minimum absolute atomic E-state index is 0.150. The van der Waals surface area contributed by atoms with Crippen molar-refractivity contribution in [1.29, 1.82) is 0 Å². The summed E-state index contributed by atoms with van der Waals surface area (Å²) in [5, 5.41) is 1.73. The molecular formula is C41H33ClN2O3. The number of amides is 2. The van der Waals surface area contributed by atoms with Gasteiger partial charge in [-0.3, -0.25) is 19.3 Å². The Kier molecular flexibility index (Phi) is 8.56. The van der Waals surface area contributed by atoms with Crippen LogP contribution in [0.5, 0.6) is 0 Å². The van der Waals surface area contributed by atoms with Gasteiger partial charge in [-0.05, 0) is 71.8 Å². The van der Waals surface area contributed by atoms with E-state index in [0.29, 0.717) is 28.1 Å². The maximum Gasteiger partial charge on any atom is 0.261 e. The van der Waals surface area contributed by atoms with E-state index in [1.165, 1.54) is 10.5 Å². The van der Waals surface area contributed by atoms with Crippen molar-refractivity contribution < 1.29 is 14.4 Å². The van der Waals surface area contributed by atoms with Crippen LogP contribution in [0.3, 0.4) is 0 Å². The number of aromatic nitrogens is 1. The number of halogens is 1. The Labute approximate surface area is 279 Å². The highest BCUT2D eigenvalue weighted by atomic mass is 35.5. The summed E-state index contributed by atoms with van der Waals surface area (Å²) < 4.78 is 2.39. The lowest BCUT2D eigenvalue weighted by atomic mass is 9.97. The molecule has 0 aliphatic carbocycles. The second-order valence-electron chi connectivity index (χ2n) is 12.0. The largest absolute Gasteiger partial charge is 0.333 e. The molecule has 0 spiro atoms. The summed E-state index contributed by atoms with van der Waals surface area (Å²) in [5.41, 5.74) is 8.30. The summed E-state index contributed by atoms with van der Waals surface area (Å²) in [5.74, 6) is -0.501. The molecule has 0 unspecified atom stereocenters. The van der Waals surface area contributed by atoms with Crippen molar-refractivity contribution in [2.24, 2.45) is 0 Å². The highest BCUT2D eigenvalue weighted by Gasteiger charge is 2.35. The number of benzene rings is 5. The average Bonchev–Trinajstić information content (AvgIpc) is 3.54. The SMILES string of the molecule is O=Cc1ccc(CCCc2c(CCN3C(=O)c4ccccc4C3=O)n(C(c3ccccc3)c3ccccc3)c3ccc(Cl)cc23)cc1. The first-order chi connectivity index (χ1) is 23.0. The number of nitrogens with zero attached hydrogens (tertiary/aromatic N) is 2.